The average Bonchev–Trinajstić information content (AvgIpc) is 3.48. The quantitative estimate of drug-likeness (QED) is 0.219. The van der Waals surface area contributed by atoms with Crippen molar-refractivity contribution in [3.63, 3.8) is 0 Å². The number of carbonyl (C=O) groups is 1. The number of aromatic amines is 1. The summed E-state index contributed by atoms with van der Waals surface area (Å²) in [6.07, 6.45) is 3.51. The second kappa shape index (κ2) is 12.4. The number of H-pyrrole nitrogens is 1. The molecule has 41 heavy (non-hydrogen) atoms. The highest BCUT2D eigenvalue weighted by atomic mass is 16.5. The van der Waals surface area contributed by atoms with Crippen molar-refractivity contribution in [3.8, 4) is 28.5 Å². The van der Waals surface area contributed by atoms with Crippen LogP contribution in [0, 0.1) is 0 Å². The standard InChI is InChI=1S/C31H30N4O3.CH2O2/c1-3-21-13-24(36)9-10-25(21)27-16-28-26(17-32-34-28)31(33-27)35-12-11-22-14-29(37-2)30(15-23(22)18-35)38-19-20-7-5-4-6-8-20;2-1-3/h4-10,13-17,36H,3,11-12,18-19H2,1-2H3,(H,32,34);1H,(H,2,3). The molecule has 210 valence electrons. The molecule has 0 amide bonds. The molecule has 6 rings (SSSR count). The number of nitrogens with one attached hydrogen (secondary N) is 1. The SMILES string of the molecule is CCc1cc(O)ccc1-c1cc2[nH]ncc2c(N2CCc3cc(OC)c(OCc4ccccc4)cc3C2)n1.O=CO. The van der Waals surface area contributed by atoms with Gasteiger partial charge in [-0.05, 0) is 71.5 Å². The Bertz CT molecular complexity index is 1650. The number of phenolic OH excluding ortho intramolecular Hbond substituents is 1. The number of aromatic hydroxyl groups is 1. The van der Waals surface area contributed by atoms with Crippen LogP contribution in [0.3, 0.4) is 0 Å². The van der Waals surface area contributed by atoms with Crippen LogP contribution in [0.5, 0.6) is 17.2 Å². The van der Waals surface area contributed by atoms with Crippen molar-refractivity contribution < 1.29 is 24.5 Å². The molecule has 0 unspecified atom stereocenters. The third-order valence-electron chi connectivity index (χ3n) is 7.20. The Hall–Kier alpha value is -5.05. The van der Waals surface area contributed by atoms with Crippen LogP contribution in [0.4, 0.5) is 5.82 Å². The lowest BCUT2D eigenvalue weighted by molar-refractivity contribution is -0.122. The maximum Gasteiger partial charge on any atom is 0.290 e. The lowest BCUT2D eigenvalue weighted by Gasteiger charge is -2.31. The molecule has 1 aliphatic rings. The molecule has 5 aromatic rings. The molecule has 0 atom stereocenters. The highest BCUT2D eigenvalue weighted by Gasteiger charge is 2.24. The second-order valence-corrected chi connectivity index (χ2v) is 9.68. The molecule has 2 aromatic heterocycles. The van der Waals surface area contributed by atoms with Crippen LogP contribution in [0.15, 0.2) is 72.9 Å². The number of hydrogen-bond acceptors (Lipinski definition) is 7. The van der Waals surface area contributed by atoms with Crippen LogP contribution in [0.2, 0.25) is 0 Å². The van der Waals surface area contributed by atoms with Crippen molar-refractivity contribution in [1.82, 2.24) is 15.2 Å². The van der Waals surface area contributed by atoms with E-state index in [1.165, 1.54) is 11.1 Å². The average molecular weight is 553 g/mol. The number of aromatic nitrogens is 3. The number of ether oxygens (including phenoxy) is 2. The van der Waals surface area contributed by atoms with Crippen LogP contribution < -0.4 is 14.4 Å². The van der Waals surface area contributed by atoms with Gasteiger partial charge in [0.2, 0.25) is 0 Å². The molecule has 3 heterocycles. The maximum atomic E-state index is 10.0. The molecule has 0 radical (unpaired) electrons. The van der Waals surface area contributed by atoms with Gasteiger partial charge in [0, 0.05) is 18.7 Å². The number of benzene rings is 3. The Morgan fingerprint density at radius 3 is 2.59 bits per heavy atom. The number of nitrogens with zero attached hydrogens (tertiary/aromatic N) is 3. The fourth-order valence-electron chi connectivity index (χ4n) is 5.18. The number of pyridine rings is 1. The topological polar surface area (TPSA) is 121 Å². The van der Waals surface area contributed by atoms with Crippen LogP contribution >= 0.6 is 0 Å². The van der Waals surface area contributed by atoms with E-state index in [0.29, 0.717) is 13.2 Å². The number of fused-ring (bicyclic) bond motifs is 2. The summed E-state index contributed by atoms with van der Waals surface area (Å²) in [5.74, 6) is 2.66. The first kappa shape index (κ1) is 27.5. The molecule has 0 bridgehead atoms. The number of methoxy groups -OCH3 is 1. The van der Waals surface area contributed by atoms with Crippen molar-refractivity contribution in [1.29, 1.82) is 0 Å². The van der Waals surface area contributed by atoms with Gasteiger partial charge in [-0.1, -0.05) is 37.3 Å². The van der Waals surface area contributed by atoms with Gasteiger partial charge in [-0.2, -0.15) is 5.10 Å². The fourth-order valence-corrected chi connectivity index (χ4v) is 5.18. The van der Waals surface area contributed by atoms with E-state index in [1.54, 1.807) is 13.2 Å². The van der Waals surface area contributed by atoms with Crippen LogP contribution in [-0.4, -0.2) is 45.5 Å². The summed E-state index contributed by atoms with van der Waals surface area (Å²) in [6.45, 7) is 3.84. The predicted molar refractivity (Wildman–Crippen MR) is 158 cm³/mol. The predicted octanol–water partition coefficient (Wildman–Crippen LogP) is 5.74. The molecule has 9 nitrogen and oxygen atoms in total. The Labute approximate surface area is 238 Å². The van der Waals surface area contributed by atoms with E-state index in [4.69, 9.17) is 24.4 Å². The summed E-state index contributed by atoms with van der Waals surface area (Å²) < 4.78 is 11.9. The third-order valence-corrected chi connectivity index (χ3v) is 7.20. The van der Waals surface area contributed by atoms with Crippen molar-refractivity contribution in [2.75, 3.05) is 18.6 Å². The number of aryl methyl sites for hydroxylation is 1. The maximum absolute atomic E-state index is 10.0. The summed E-state index contributed by atoms with van der Waals surface area (Å²) in [5, 5.41) is 25.3. The second-order valence-electron chi connectivity index (χ2n) is 9.68. The number of carboxylic acid groups (broad SMARTS) is 1. The van der Waals surface area contributed by atoms with Crippen molar-refractivity contribution in [2.45, 2.75) is 32.9 Å². The molecule has 0 spiro atoms. The zero-order valence-corrected chi connectivity index (χ0v) is 23.0. The van der Waals surface area contributed by atoms with Gasteiger partial charge in [-0.15, -0.1) is 0 Å². The largest absolute Gasteiger partial charge is 0.508 e. The minimum Gasteiger partial charge on any atom is -0.508 e. The monoisotopic (exact) mass is 552 g/mol. The Kier molecular flexibility index (Phi) is 8.34. The van der Waals surface area contributed by atoms with E-state index in [0.717, 1.165) is 70.0 Å². The molecule has 0 saturated carbocycles. The minimum atomic E-state index is -0.250. The van der Waals surface area contributed by atoms with Crippen LogP contribution in [-0.2, 0) is 30.8 Å². The van der Waals surface area contributed by atoms with Gasteiger partial charge in [0.15, 0.2) is 11.5 Å². The van der Waals surface area contributed by atoms with Crippen LogP contribution in [0.25, 0.3) is 22.2 Å². The molecule has 0 aliphatic carbocycles. The molecule has 9 heteroatoms. The zero-order chi connectivity index (χ0) is 28.8. The molecule has 3 aromatic carbocycles. The molecular formula is C32H32N4O5. The number of phenols is 1. The summed E-state index contributed by atoms with van der Waals surface area (Å²) in [6, 6.07) is 21.9. The Morgan fingerprint density at radius 1 is 1.05 bits per heavy atom. The zero-order valence-electron chi connectivity index (χ0n) is 23.0. The van der Waals surface area contributed by atoms with E-state index in [9.17, 15) is 5.11 Å². The molecular weight excluding hydrogens is 520 g/mol. The van der Waals surface area contributed by atoms with Gasteiger partial charge in [0.1, 0.15) is 18.2 Å². The number of rotatable bonds is 7. The summed E-state index contributed by atoms with van der Waals surface area (Å²) >= 11 is 0. The van der Waals surface area contributed by atoms with Crippen molar-refractivity contribution in [3.05, 3.63) is 95.2 Å². The van der Waals surface area contributed by atoms with Gasteiger partial charge in [0.05, 0.1) is 29.9 Å². The van der Waals surface area contributed by atoms with E-state index < -0.39 is 0 Å². The first-order valence-corrected chi connectivity index (χ1v) is 13.4. The van der Waals surface area contributed by atoms with Gasteiger partial charge >= 0.3 is 0 Å². The first-order chi connectivity index (χ1) is 20.0. The summed E-state index contributed by atoms with van der Waals surface area (Å²) in [5.41, 5.74) is 7.44. The molecule has 1 aliphatic heterocycles. The van der Waals surface area contributed by atoms with Crippen LogP contribution in [0.1, 0.15) is 29.2 Å². The number of hydrogen-bond donors (Lipinski definition) is 3. The highest BCUT2D eigenvalue weighted by Crippen LogP contribution is 2.37. The van der Waals surface area contributed by atoms with E-state index in [1.807, 2.05) is 42.6 Å². The molecule has 0 fully saturated rings. The molecule has 3 N–H and O–H groups in total. The van der Waals surface area contributed by atoms with Gasteiger partial charge in [0.25, 0.3) is 6.47 Å². The highest BCUT2D eigenvalue weighted by molar-refractivity contribution is 5.92. The minimum absolute atomic E-state index is 0.250. The first-order valence-electron chi connectivity index (χ1n) is 13.4. The van der Waals surface area contributed by atoms with Crippen molar-refractivity contribution in [2.24, 2.45) is 0 Å². The Morgan fingerprint density at radius 2 is 1.83 bits per heavy atom. The lowest BCUT2D eigenvalue weighted by Crippen LogP contribution is -2.31. The van der Waals surface area contributed by atoms with E-state index >= 15 is 0 Å². The fraction of sp³-hybridized carbons (Fsp3) is 0.219. The van der Waals surface area contributed by atoms with Gasteiger partial charge in [-0.25, -0.2) is 4.98 Å². The van der Waals surface area contributed by atoms with Crippen molar-refractivity contribution >= 4 is 23.2 Å². The molecule has 0 saturated heterocycles. The lowest BCUT2D eigenvalue weighted by atomic mass is 9.98. The smallest absolute Gasteiger partial charge is 0.290 e. The van der Waals surface area contributed by atoms with E-state index in [2.05, 4.69) is 46.3 Å². The summed E-state index contributed by atoms with van der Waals surface area (Å²) in [4.78, 5) is 15.8. The van der Waals surface area contributed by atoms with Gasteiger partial charge < -0.3 is 24.6 Å². The van der Waals surface area contributed by atoms with Gasteiger partial charge in [-0.3, -0.25) is 9.89 Å². The number of anilines is 1. The Balaban J connectivity index is 0.00000108. The summed E-state index contributed by atoms with van der Waals surface area (Å²) in [7, 11) is 1.69. The normalized spacial score (nSPS) is 12.3. The van der Waals surface area contributed by atoms with E-state index in [-0.39, 0.29) is 12.2 Å². The third kappa shape index (κ3) is 5.94.